The summed E-state index contributed by atoms with van der Waals surface area (Å²) in [5.74, 6) is -0.179. The molecule has 27 heavy (non-hydrogen) atoms. The number of carbonyl (C=O) groups excluding carboxylic acids is 2. The summed E-state index contributed by atoms with van der Waals surface area (Å²) in [4.78, 5) is 26.8. The number of halogens is 2. The lowest BCUT2D eigenvalue weighted by Crippen LogP contribution is -2.38. The first kappa shape index (κ1) is 21.1. The van der Waals surface area contributed by atoms with Crippen LogP contribution in [0.1, 0.15) is 31.1 Å². The standard InChI is InChI=1S/C20H22Cl2N2O3/c1-4-24(12-18(25)23-19-15(21)9-7-10-16(19)22)20(26)14-8-5-6-11-17(14)27-13(2)3/h5-11,13H,4,12H2,1-3H3,(H,23,25). The second-order valence-corrected chi connectivity index (χ2v) is 6.94. The maximum absolute atomic E-state index is 12.9. The topological polar surface area (TPSA) is 58.6 Å². The lowest BCUT2D eigenvalue weighted by Gasteiger charge is -2.22. The summed E-state index contributed by atoms with van der Waals surface area (Å²) in [6.45, 7) is 5.81. The Morgan fingerprint density at radius 3 is 2.30 bits per heavy atom. The van der Waals surface area contributed by atoms with E-state index in [2.05, 4.69) is 5.32 Å². The van der Waals surface area contributed by atoms with Crippen molar-refractivity contribution in [3.05, 3.63) is 58.1 Å². The van der Waals surface area contributed by atoms with Gasteiger partial charge < -0.3 is 15.0 Å². The van der Waals surface area contributed by atoms with Crippen LogP contribution in [0, 0.1) is 0 Å². The Hall–Kier alpha value is -2.24. The van der Waals surface area contributed by atoms with Gasteiger partial charge in [0.05, 0.1) is 27.4 Å². The lowest BCUT2D eigenvalue weighted by molar-refractivity contribution is -0.116. The Bertz CT molecular complexity index is 804. The van der Waals surface area contributed by atoms with Crippen LogP contribution < -0.4 is 10.1 Å². The monoisotopic (exact) mass is 408 g/mol. The smallest absolute Gasteiger partial charge is 0.258 e. The maximum atomic E-state index is 12.9. The number of amides is 2. The first-order chi connectivity index (χ1) is 12.8. The van der Waals surface area contributed by atoms with E-state index in [-0.39, 0.29) is 24.5 Å². The van der Waals surface area contributed by atoms with Gasteiger partial charge in [-0.15, -0.1) is 0 Å². The van der Waals surface area contributed by atoms with Gasteiger partial charge in [-0.3, -0.25) is 9.59 Å². The highest BCUT2D eigenvalue weighted by molar-refractivity contribution is 6.39. The van der Waals surface area contributed by atoms with E-state index in [4.69, 9.17) is 27.9 Å². The fraction of sp³-hybridized carbons (Fsp3) is 0.300. The van der Waals surface area contributed by atoms with Crippen molar-refractivity contribution >= 4 is 40.7 Å². The third-order valence-electron chi connectivity index (χ3n) is 3.71. The number of nitrogens with zero attached hydrogens (tertiary/aromatic N) is 1. The van der Waals surface area contributed by atoms with Gasteiger partial charge in [-0.1, -0.05) is 41.4 Å². The van der Waals surface area contributed by atoms with Crippen molar-refractivity contribution in [3.63, 3.8) is 0 Å². The zero-order valence-electron chi connectivity index (χ0n) is 15.5. The molecule has 0 saturated heterocycles. The van der Waals surface area contributed by atoms with Crippen molar-refractivity contribution in [3.8, 4) is 5.75 Å². The van der Waals surface area contributed by atoms with Gasteiger partial charge in [0, 0.05) is 6.54 Å². The van der Waals surface area contributed by atoms with E-state index in [0.29, 0.717) is 33.6 Å². The highest BCUT2D eigenvalue weighted by Crippen LogP contribution is 2.29. The minimum absolute atomic E-state index is 0.0697. The van der Waals surface area contributed by atoms with E-state index >= 15 is 0 Å². The Morgan fingerprint density at radius 1 is 1.07 bits per heavy atom. The number of benzene rings is 2. The number of ether oxygens (including phenoxy) is 1. The maximum Gasteiger partial charge on any atom is 0.258 e. The number of para-hydroxylation sites is 2. The van der Waals surface area contributed by atoms with E-state index in [1.165, 1.54) is 4.90 Å². The van der Waals surface area contributed by atoms with Crippen LogP contribution in [0.5, 0.6) is 5.75 Å². The van der Waals surface area contributed by atoms with Crippen LogP contribution in [0.4, 0.5) is 5.69 Å². The molecular weight excluding hydrogens is 387 g/mol. The number of rotatable bonds is 7. The van der Waals surface area contributed by atoms with Crippen LogP contribution in [-0.4, -0.2) is 35.9 Å². The van der Waals surface area contributed by atoms with E-state index in [0.717, 1.165) is 0 Å². The number of hydrogen-bond acceptors (Lipinski definition) is 3. The SMILES string of the molecule is CCN(CC(=O)Nc1c(Cl)cccc1Cl)C(=O)c1ccccc1OC(C)C. The molecule has 0 fully saturated rings. The first-order valence-electron chi connectivity index (χ1n) is 8.62. The zero-order valence-corrected chi connectivity index (χ0v) is 17.0. The molecule has 0 aromatic heterocycles. The van der Waals surface area contributed by atoms with Gasteiger partial charge in [0.1, 0.15) is 12.3 Å². The van der Waals surface area contributed by atoms with Crippen molar-refractivity contribution in [2.45, 2.75) is 26.9 Å². The Balaban J connectivity index is 2.15. The van der Waals surface area contributed by atoms with Gasteiger partial charge in [0.15, 0.2) is 0 Å². The van der Waals surface area contributed by atoms with E-state index in [1.807, 2.05) is 13.8 Å². The molecule has 2 aromatic carbocycles. The number of anilines is 1. The van der Waals surface area contributed by atoms with Crippen LogP contribution in [0.3, 0.4) is 0 Å². The van der Waals surface area contributed by atoms with Crippen LogP contribution in [0.25, 0.3) is 0 Å². The van der Waals surface area contributed by atoms with Crippen LogP contribution in [-0.2, 0) is 4.79 Å². The Morgan fingerprint density at radius 2 is 1.70 bits per heavy atom. The van der Waals surface area contributed by atoms with Gasteiger partial charge in [-0.25, -0.2) is 0 Å². The zero-order chi connectivity index (χ0) is 20.0. The highest BCUT2D eigenvalue weighted by atomic mass is 35.5. The number of hydrogen-bond donors (Lipinski definition) is 1. The number of carbonyl (C=O) groups is 2. The van der Waals surface area contributed by atoms with Crippen molar-refractivity contribution in [2.75, 3.05) is 18.4 Å². The molecule has 2 aromatic rings. The summed E-state index contributed by atoms with van der Waals surface area (Å²) in [5, 5.41) is 3.34. The molecule has 1 N–H and O–H groups in total. The van der Waals surface area contributed by atoms with Crippen molar-refractivity contribution in [2.24, 2.45) is 0 Å². The predicted octanol–water partition coefficient (Wildman–Crippen LogP) is 4.88. The van der Waals surface area contributed by atoms with E-state index < -0.39 is 0 Å². The molecule has 0 radical (unpaired) electrons. The molecular formula is C20H22Cl2N2O3. The summed E-state index contributed by atoms with van der Waals surface area (Å²) in [6, 6.07) is 11.9. The lowest BCUT2D eigenvalue weighted by atomic mass is 10.1. The second kappa shape index (κ2) is 9.62. The molecule has 0 spiro atoms. The third-order valence-corrected chi connectivity index (χ3v) is 4.34. The van der Waals surface area contributed by atoms with Crippen molar-refractivity contribution in [1.29, 1.82) is 0 Å². The molecule has 0 heterocycles. The van der Waals surface area contributed by atoms with Gasteiger partial charge in [-0.2, -0.15) is 0 Å². The summed E-state index contributed by atoms with van der Waals surface area (Å²) >= 11 is 12.2. The largest absolute Gasteiger partial charge is 0.490 e. The summed E-state index contributed by atoms with van der Waals surface area (Å²) in [5.41, 5.74) is 0.745. The van der Waals surface area contributed by atoms with E-state index in [9.17, 15) is 9.59 Å². The molecule has 0 saturated carbocycles. The van der Waals surface area contributed by atoms with Gasteiger partial charge >= 0.3 is 0 Å². The first-order valence-corrected chi connectivity index (χ1v) is 9.37. The predicted molar refractivity (Wildman–Crippen MR) is 109 cm³/mol. The number of likely N-dealkylation sites (N-methyl/N-ethyl adjacent to an activating group) is 1. The molecule has 144 valence electrons. The Labute approximate surface area is 169 Å². The molecule has 2 rings (SSSR count). The van der Waals surface area contributed by atoms with Gasteiger partial charge in [0.2, 0.25) is 5.91 Å². The summed E-state index contributed by atoms with van der Waals surface area (Å²) in [7, 11) is 0. The van der Waals surface area contributed by atoms with Crippen LogP contribution >= 0.6 is 23.2 Å². The average molecular weight is 409 g/mol. The third kappa shape index (κ3) is 5.62. The van der Waals surface area contributed by atoms with Crippen molar-refractivity contribution < 1.29 is 14.3 Å². The fourth-order valence-corrected chi connectivity index (χ4v) is 2.96. The van der Waals surface area contributed by atoms with Gasteiger partial charge in [0.25, 0.3) is 5.91 Å². The van der Waals surface area contributed by atoms with Crippen molar-refractivity contribution in [1.82, 2.24) is 4.90 Å². The molecule has 5 nitrogen and oxygen atoms in total. The van der Waals surface area contributed by atoms with Crippen LogP contribution in [0.2, 0.25) is 10.0 Å². The van der Waals surface area contributed by atoms with Crippen LogP contribution in [0.15, 0.2) is 42.5 Å². The molecule has 0 aliphatic heterocycles. The second-order valence-electron chi connectivity index (χ2n) is 6.13. The number of nitrogens with one attached hydrogen (secondary N) is 1. The summed E-state index contributed by atoms with van der Waals surface area (Å²) in [6.07, 6.45) is -0.0697. The molecule has 0 unspecified atom stereocenters. The highest BCUT2D eigenvalue weighted by Gasteiger charge is 2.21. The average Bonchev–Trinajstić information content (AvgIpc) is 2.62. The molecule has 0 atom stereocenters. The van der Waals surface area contributed by atoms with E-state index in [1.54, 1.807) is 49.4 Å². The molecule has 0 aliphatic carbocycles. The van der Waals surface area contributed by atoms with Gasteiger partial charge in [-0.05, 0) is 45.0 Å². The molecule has 0 aliphatic rings. The Kier molecular flexibility index (Phi) is 7.51. The molecule has 2 amide bonds. The quantitative estimate of drug-likeness (QED) is 0.709. The molecule has 7 heteroatoms. The minimum atomic E-state index is -0.387. The molecule has 0 bridgehead atoms. The summed E-state index contributed by atoms with van der Waals surface area (Å²) < 4.78 is 5.71. The fourth-order valence-electron chi connectivity index (χ4n) is 2.47. The normalized spacial score (nSPS) is 10.6. The minimum Gasteiger partial charge on any atom is -0.490 e.